The largest absolute Gasteiger partial charge is 1.00 e. The van der Waals surface area contributed by atoms with E-state index in [9.17, 15) is 4.79 Å². The third-order valence-electron chi connectivity index (χ3n) is 1.11. The summed E-state index contributed by atoms with van der Waals surface area (Å²) in [5.41, 5.74) is 7.41. The molecule has 0 aromatic carbocycles. The average molecular weight is 439 g/mol. The van der Waals surface area contributed by atoms with Gasteiger partial charge in [-0.2, -0.15) is 11.8 Å². The van der Waals surface area contributed by atoms with Crippen LogP contribution >= 0.6 is 32.2 Å². The first-order chi connectivity index (χ1) is 6.13. The molecule has 1 amide bonds. The fourth-order valence-electron chi connectivity index (χ4n) is 0.483. The molecule has 0 unspecified atom stereocenters. The molecule has 1 atom stereocenters. The van der Waals surface area contributed by atoms with E-state index in [-0.39, 0.29) is 61.4 Å². The molecule has 0 radical (unpaired) electrons. The van der Waals surface area contributed by atoms with Crippen molar-refractivity contribution in [2.45, 2.75) is 12.5 Å². The van der Waals surface area contributed by atoms with Gasteiger partial charge in [-0.05, 0) is 18.4 Å². The Bertz CT molecular complexity index is 146. The minimum atomic E-state index is -0.461. The van der Waals surface area contributed by atoms with Gasteiger partial charge in [0.2, 0.25) is 0 Å². The summed E-state index contributed by atoms with van der Waals surface area (Å²) >= 11 is 2.23. The number of amides is 1. The zero-order chi connectivity index (χ0) is 10.7. The van der Waals surface area contributed by atoms with Crippen LogP contribution in [0.25, 0.3) is 0 Å². The quantitative estimate of drug-likeness (QED) is 0.191. The molecule has 102 valence electrons. The number of hydrogen-bond acceptors (Lipinski definition) is 5. The van der Waals surface area contributed by atoms with Crippen molar-refractivity contribution in [1.82, 2.24) is 5.43 Å². The summed E-state index contributed by atoms with van der Waals surface area (Å²) in [7, 11) is 9.40. The third-order valence-corrected chi connectivity index (χ3v) is 1.76. The second-order valence-corrected chi connectivity index (χ2v) is 4.56. The van der Waals surface area contributed by atoms with Crippen molar-refractivity contribution in [1.29, 1.82) is 0 Å². The van der Waals surface area contributed by atoms with Crippen molar-refractivity contribution >= 4 is 38.1 Å². The van der Waals surface area contributed by atoms with E-state index in [0.717, 1.165) is 5.75 Å². The molecule has 6 N–H and O–H groups in total. The number of rotatable bonds is 4. The molecule has 0 fully saturated rings. The SMILES string of the molecule is CSCC[C@H](N)C(=O)NN.[Cl][Ni][Cl].[Na+].[OH-].[Pd]. The summed E-state index contributed by atoms with van der Waals surface area (Å²) in [4.78, 5) is 10.6. The smallest absolute Gasteiger partial charge is 0.870 e. The number of carbonyl (C=O) groups is 1. The van der Waals surface area contributed by atoms with Crippen LogP contribution in [0.3, 0.4) is 0 Å². The minimum Gasteiger partial charge on any atom is -0.870 e. The van der Waals surface area contributed by atoms with Gasteiger partial charge in [0.1, 0.15) is 0 Å². The molecule has 0 rings (SSSR count). The van der Waals surface area contributed by atoms with Crippen LogP contribution in [0, 0.1) is 0 Å². The molecule has 0 aromatic rings. The van der Waals surface area contributed by atoms with E-state index in [4.69, 9.17) is 32.0 Å². The fourth-order valence-corrected chi connectivity index (χ4v) is 0.973. The predicted octanol–water partition coefficient (Wildman–Crippen LogP) is -2.74. The number of carbonyl (C=O) groups excluding carboxylic acids is 1. The molecule has 0 aliphatic rings. The van der Waals surface area contributed by atoms with Crippen LogP contribution in [0.5, 0.6) is 0 Å². The first kappa shape index (κ1) is 31.0. The van der Waals surface area contributed by atoms with Crippen LogP contribution in [0.4, 0.5) is 0 Å². The number of nitrogens with two attached hydrogens (primary N) is 2. The van der Waals surface area contributed by atoms with Gasteiger partial charge in [0.25, 0.3) is 5.91 Å². The van der Waals surface area contributed by atoms with E-state index in [1.165, 1.54) is 0 Å². The van der Waals surface area contributed by atoms with Crippen molar-refractivity contribution in [2.24, 2.45) is 11.6 Å². The maximum atomic E-state index is 10.6. The van der Waals surface area contributed by atoms with Gasteiger partial charge in [0.05, 0.1) is 6.04 Å². The van der Waals surface area contributed by atoms with Crippen LogP contribution in [0.1, 0.15) is 6.42 Å². The molecule has 0 aliphatic heterocycles. The number of nitrogens with one attached hydrogen (secondary N) is 1. The summed E-state index contributed by atoms with van der Waals surface area (Å²) in [6.45, 7) is 0. The zero-order valence-corrected chi connectivity index (χ0v) is 15.7. The Balaban J connectivity index is -0.0000000606. The zero-order valence-electron chi connectivity index (χ0n) is 8.80. The average Bonchev–Trinajstić information content (AvgIpc) is 2.14. The van der Waals surface area contributed by atoms with Crippen LogP contribution in [-0.2, 0) is 37.9 Å². The molecule has 0 saturated heterocycles. The number of thioether (sulfide) groups is 1. The maximum Gasteiger partial charge on any atom is 1.00 e. The van der Waals surface area contributed by atoms with Crippen LogP contribution in [-0.4, -0.2) is 29.4 Å². The van der Waals surface area contributed by atoms with Gasteiger partial charge in [-0.1, -0.05) is 0 Å². The Morgan fingerprint density at radius 3 is 2.19 bits per heavy atom. The fraction of sp³-hybridized carbons (Fsp3) is 0.800. The topological polar surface area (TPSA) is 111 Å². The Kier molecular flexibility index (Phi) is 50.6. The monoisotopic (exact) mass is 437 g/mol. The third kappa shape index (κ3) is 25.3. The summed E-state index contributed by atoms with van der Waals surface area (Å²) in [6, 6.07) is -0.461. The molecular formula is C5H14Cl2N3NaNiO2PdS. The van der Waals surface area contributed by atoms with Crippen molar-refractivity contribution in [3.63, 3.8) is 0 Å². The Hall–Kier alpha value is 2.44. The molecule has 0 aromatic heterocycles. The molecule has 0 bridgehead atoms. The number of halogens is 2. The predicted molar refractivity (Wildman–Crippen MR) is 56.9 cm³/mol. The number of hydrazine groups is 1. The molecule has 16 heavy (non-hydrogen) atoms. The Morgan fingerprint density at radius 2 is 1.94 bits per heavy atom. The molecule has 0 aliphatic carbocycles. The molecule has 0 spiro atoms. The van der Waals surface area contributed by atoms with Gasteiger partial charge in [-0.3, -0.25) is 10.2 Å². The summed E-state index contributed by atoms with van der Waals surface area (Å²) in [6.07, 6.45) is 2.64. The van der Waals surface area contributed by atoms with Crippen molar-refractivity contribution in [3.05, 3.63) is 0 Å². The molecule has 5 nitrogen and oxygen atoms in total. The van der Waals surface area contributed by atoms with E-state index < -0.39 is 6.04 Å². The summed E-state index contributed by atoms with van der Waals surface area (Å²) in [5, 5.41) is 0. The van der Waals surface area contributed by atoms with Crippen LogP contribution < -0.4 is 46.6 Å². The van der Waals surface area contributed by atoms with Gasteiger partial charge >= 0.3 is 62.6 Å². The van der Waals surface area contributed by atoms with E-state index >= 15 is 0 Å². The molecule has 0 saturated carbocycles. The summed E-state index contributed by atoms with van der Waals surface area (Å²) in [5.74, 6) is 5.44. The van der Waals surface area contributed by atoms with Gasteiger partial charge in [-0.15, -0.1) is 0 Å². The Labute approximate surface area is 150 Å². The second-order valence-electron chi connectivity index (χ2n) is 1.94. The van der Waals surface area contributed by atoms with E-state index in [1.54, 1.807) is 11.8 Å². The summed E-state index contributed by atoms with van der Waals surface area (Å²) < 4.78 is 0. The van der Waals surface area contributed by atoms with Gasteiger partial charge < -0.3 is 11.2 Å². The van der Waals surface area contributed by atoms with E-state index in [2.05, 4.69) is 0 Å². The van der Waals surface area contributed by atoms with Gasteiger partial charge in [-0.25, -0.2) is 5.84 Å². The van der Waals surface area contributed by atoms with E-state index in [1.807, 2.05) is 11.7 Å². The van der Waals surface area contributed by atoms with Crippen molar-refractivity contribution in [3.8, 4) is 0 Å². The Morgan fingerprint density at radius 1 is 1.56 bits per heavy atom. The maximum absolute atomic E-state index is 10.6. The van der Waals surface area contributed by atoms with Crippen molar-refractivity contribution < 1.29 is 72.9 Å². The second kappa shape index (κ2) is 26.1. The van der Waals surface area contributed by atoms with Crippen molar-refractivity contribution in [2.75, 3.05) is 12.0 Å². The minimum absolute atomic E-state index is 0. The molecule has 11 heteroatoms. The van der Waals surface area contributed by atoms with Crippen LogP contribution in [0.2, 0.25) is 0 Å². The molecule has 0 heterocycles. The van der Waals surface area contributed by atoms with E-state index in [0.29, 0.717) is 19.1 Å². The van der Waals surface area contributed by atoms with Gasteiger partial charge in [0.15, 0.2) is 0 Å². The molecular weight excluding hydrogens is 425 g/mol. The first-order valence-electron chi connectivity index (χ1n) is 3.21. The van der Waals surface area contributed by atoms with Gasteiger partial charge in [0, 0.05) is 20.4 Å². The first-order valence-corrected chi connectivity index (χ1v) is 7.32. The normalized spacial score (nSPS) is 9.31. The standard InChI is InChI=1S/C5H13N3OS.2ClH.Na.Ni.H2O.Pd/c1-10-3-2-4(6)5(9)8-7;;;;;;/h4H,2-3,6-7H2,1H3,(H,8,9);2*1H;;;1H2;/q;;;+1;+2;;/p-3/t4-;;;;;;/m0....../s1. The number of hydrogen-bond donors (Lipinski definition) is 3. The van der Waals surface area contributed by atoms with Crippen LogP contribution in [0.15, 0.2) is 0 Å².